The van der Waals surface area contributed by atoms with E-state index in [-0.39, 0.29) is 0 Å². The van der Waals surface area contributed by atoms with Gasteiger partial charge in [0.25, 0.3) is 0 Å². The van der Waals surface area contributed by atoms with Gasteiger partial charge in [0.1, 0.15) is 5.75 Å². The van der Waals surface area contributed by atoms with Crippen LogP contribution in [0.3, 0.4) is 0 Å². The Balaban J connectivity index is 0.000000774. The first kappa shape index (κ1) is 15.4. The van der Waals surface area contributed by atoms with E-state index in [1.54, 1.807) is 7.11 Å². The maximum Gasteiger partial charge on any atom is 0.149 e. The number of ether oxygens (including phenoxy) is 1. The van der Waals surface area contributed by atoms with Crippen molar-refractivity contribution in [2.24, 2.45) is 0 Å². The van der Waals surface area contributed by atoms with E-state index < -0.39 is 0 Å². The summed E-state index contributed by atoms with van der Waals surface area (Å²) < 4.78 is 7.49. The first-order chi connectivity index (χ1) is 10.3. The second-order valence-corrected chi connectivity index (χ2v) is 5.08. The van der Waals surface area contributed by atoms with Crippen molar-refractivity contribution in [3.8, 4) is 16.9 Å². The molecule has 1 aromatic carbocycles. The molecule has 0 spiro atoms. The molecule has 0 atom stereocenters. The second-order valence-electron chi connectivity index (χ2n) is 5.08. The zero-order valence-corrected chi connectivity index (χ0v) is 12.6. The number of aliphatic hydroxyl groups excluding tert-OH is 1. The number of anilines is 1. The third kappa shape index (κ3) is 3.19. The van der Waals surface area contributed by atoms with Crippen LogP contribution in [0.2, 0.25) is 0 Å². The Morgan fingerprint density at radius 2 is 2.00 bits per heavy atom. The fraction of sp³-hybridized carbons (Fsp3) is 0.438. The molecule has 0 unspecified atom stereocenters. The van der Waals surface area contributed by atoms with Crippen molar-refractivity contribution in [1.29, 1.82) is 0 Å². The lowest BCUT2D eigenvalue weighted by molar-refractivity contribution is 0.399. The molecule has 1 aromatic heterocycles. The quantitative estimate of drug-likeness (QED) is 0.852. The molecule has 1 aliphatic carbocycles. The molecule has 114 valence electrons. The first-order valence-electron chi connectivity index (χ1n) is 7.21. The number of nitrogens with zero attached hydrogens (tertiary/aromatic N) is 2. The monoisotopic (exact) mass is 289 g/mol. The van der Waals surface area contributed by atoms with Gasteiger partial charge in [-0.3, -0.25) is 4.68 Å². The normalized spacial score (nSPS) is 14.6. The minimum absolute atomic E-state index is 0.556. The lowest BCUT2D eigenvalue weighted by Gasteiger charge is -2.10. The molecule has 1 heterocycles. The number of hydrogen-bond donors (Lipinski definition) is 2. The predicted molar refractivity (Wildman–Crippen MR) is 84.3 cm³/mol. The molecule has 5 heteroatoms. The van der Waals surface area contributed by atoms with Crippen LogP contribution in [-0.4, -0.2) is 29.1 Å². The fourth-order valence-electron chi connectivity index (χ4n) is 2.86. The molecule has 3 rings (SSSR count). The number of nitrogens with two attached hydrogens (primary N) is 1. The highest BCUT2D eigenvalue weighted by Crippen LogP contribution is 2.36. The summed E-state index contributed by atoms with van der Waals surface area (Å²) in [5, 5.41) is 11.5. The Morgan fingerprint density at radius 3 is 2.67 bits per heavy atom. The van der Waals surface area contributed by atoms with Crippen LogP contribution in [0.25, 0.3) is 11.1 Å². The molecule has 1 fully saturated rings. The van der Waals surface area contributed by atoms with Crippen molar-refractivity contribution in [2.75, 3.05) is 20.0 Å². The Kier molecular flexibility index (Phi) is 5.22. The minimum atomic E-state index is 0.556. The van der Waals surface area contributed by atoms with Gasteiger partial charge in [-0.2, -0.15) is 5.10 Å². The van der Waals surface area contributed by atoms with Crippen molar-refractivity contribution in [3.05, 3.63) is 30.6 Å². The van der Waals surface area contributed by atoms with Crippen molar-refractivity contribution in [3.63, 3.8) is 0 Å². The molecular weight excluding hydrogens is 266 g/mol. The van der Waals surface area contributed by atoms with Gasteiger partial charge in [0.2, 0.25) is 0 Å². The van der Waals surface area contributed by atoms with Gasteiger partial charge in [0.15, 0.2) is 0 Å². The Morgan fingerprint density at radius 1 is 1.29 bits per heavy atom. The summed E-state index contributed by atoms with van der Waals surface area (Å²) in [6.45, 7) is 0. The number of aromatic nitrogens is 2. The maximum atomic E-state index is 7.00. The molecular formula is C16H23N3O2. The van der Waals surface area contributed by atoms with Crippen LogP contribution in [0.4, 0.5) is 5.69 Å². The molecule has 5 nitrogen and oxygen atoms in total. The minimum Gasteiger partial charge on any atom is -0.494 e. The Bertz CT molecular complexity index is 575. The number of benzene rings is 1. The first-order valence-corrected chi connectivity index (χ1v) is 7.21. The van der Waals surface area contributed by atoms with Crippen LogP contribution in [0.5, 0.6) is 5.75 Å². The van der Waals surface area contributed by atoms with E-state index in [1.165, 1.54) is 25.7 Å². The third-order valence-electron chi connectivity index (χ3n) is 3.86. The van der Waals surface area contributed by atoms with Crippen LogP contribution in [0, 0.1) is 0 Å². The van der Waals surface area contributed by atoms with E-state index >= 15 is 0 Å². The van der Waals surface area contributed by atoms with Crippen molar-refractivity contribution >= 4 is 5.69 Å². The summed E-state index contributed by atoms with van der Waals surface area (Å²) in [4.78, 5) is 0. The number of methoxy groups -OCH3 is 1. The van der Waals surface area contributed by atoms with Crippen molar-refractivity contribution in [2.45, 2.75) is 31.7 Å². The van der Waals surface area contributed by atoms with Gasteiger partial charge in [0, 0.05) is 24.4 Å². The molecule has 1 saturated carbocycles. The van der Waals surface area contributed by atoms with E-state index in [0.717, 1.165) is 24.0 Å². The average molecular weight is 289 g/mol. The SMILES string of the molecule is CO.COc1c(N)cccc1-c1cnn(C2CCCC2)c1. The van der Waals surface area contributed by atoms with Crippen LogP contribution in [-0.2, 0) is 0 Å². The standard InChI is InChI=1S/C15H19N3O.CH4O/c1-19-15-13(7-4-8-14(15)16)11-9-17-18(10-11)12-5-2-3-6-12;1-2/h4,7-10,12H,2-3,5-6,16H2,1H3;2H,1H3. The Labute approximate surface area is 125 Å². The molecule has 0 bridgehead atoms. The molecule has 0 aliphatic heterocycles. The van der Waals surface area contributed by atoms with Crippen LogP contribution < -0.4 is 10.5 Å². The predicted octanol–water partition coefficient (Wildman–Crippen LogP) is 2.86. The highest BCUT2D eigenvalue weighted by atomic mass is 16.5. The molecule has 0 saturated heterocycles. The second kappa shape index (κ2) is 7.13. The largest absolute Gasteiger partial charge is 0.494 e. The lowest BCUT2D eigenvalue weighted by Crippen LogP contribution is -2.04. The number of rotatable bonds is 3. The van der Waals surface area contributed by atoms with E-state index in [9.17, 15) is 0 Å². The van der Waals surface area contributed by atoms with Crippen LogP contribution >= 0.6 is 0 Å². The topological polar surface area (TPSA) is 73.3 Å². The summed E-state index contributed by atoms with van der Waals surface area (Å²) in [5.41, 5.74) is 8.68. The van der Waals surface area contributed by atoms with E-state index in [1.807, 2.05) is 24.4 Å². The summed E-state index contributed by atoms with van der Waals surface area (Å²) in [6.07, 6.45) is 9.08. The van der Waals surface area contributed by atoms with Crippen LogP contribution in [0.1, 0.15) is 31.7 Å². The number of aliphatic hydroxyl groups is 1. The number of nitrogen functional groups attached to an aromatic ring is 1. The highest BCUT2D eigenvalue weighted by molar-refractivity contribution is 5.76. The summed E-state index contributed by atoms with van der Waals surface area (Å²) in [7, 11) is 2.65. The molecule has 21 heavy (non-hydrogen) atoms. The number of para-hydroxylation sites is 1. The zero-order chi connectivity index (χ0) is 15.2. The van der Waals surface area contributed by atoms with Crippen LogP contribution in [0.15, 0.2) is 30.6 Å². The average Bonchev–Trinajstić information content (AvgIpc) is 3.20. The van der Waals surface area contributed by atoms with Gasteiger partial charge >= 0.3 is 0 Å². The maximum absolute atomic E-state index is 7.00. The van der Waals surface area contributed by atoms with Gasteiger partial charge in [-0.15, -0.1) is 0 Å². The molecule has 0 radical (unpaired) electrons. The van der Waals surface area contributed by atoms with Crippen molar-refractivity contribution < 1.29 is 9.84 Å². The Hall–Kier alpha value is -2.01. The smallest absolute Gasteiger partial charge is 0.149 e. The third-order valence-corrected chi connectivity index (χ3v) is 3.86. The molecule has 0 amide bonds. The number of hydrogen-bond acceptors (Lipinski definition) is 4. The van der Waals surface area contributed by atoms with E-state index in [4.69, 9.17) is 15.6 Å². The van der Waals surface area contributed by atoms with E-state index in [0.29, 0.717) is 11.7 Å². The van der Waals surface area contributed by atoms with Gasteiger partial charge in [-0.1, -0.05) is 25.0 Å². The van der Waals surface area contributed by atoms with Crippen molar-refractivity contribution in [1.82, 2.24) is 9.78 Å². The fourth-order valence-corrected chi connectivity index (χ4v) is 2.86. The van der Waals surface area contributed by atoms with Gasteiger partial charge < -0.3 is 15.6 Å². The highest BCUT2D eigenvalue weighted by Gasteiger charge is 2.18. The summed E-state index contributed by atoms with van der Waals surface area (Å²) in [5.74, 6) is 0.730. The van der Waals surface area contributed by atoms with Gasteiger partial charge in [-0.25, -0.2) is 0 Å². The summed E-state index contributed by atoms with van der Waals surface area (Å²) >= 11 is 0. The van der Waals surface area contributed by atoms with Gasteiger partial charge in [-0.05, 0) is 18.9 Å². The molecule has 1 aliphatic rings. The molecule has 3 N–H and O–H groups in total. The van der Waals surface area contributed by atoms with E-state index in [2.05, 4.69) is 16.0 Å². The summed E-state index contributed by atoms with van der Waals surface area (Å²) in [6, 6.07) is 6.37. The lowest BCUT2D eigenvalue weighted by atomic mass is 10.1. The van der Waals surface area contributed by atoms with Gasteiger partial charge in [0.05, 0.1) is 25.0 Å². The zero-order valence-electron chi connectivity index (χ0n) is 12.6. The molecule has 2 aromatic rings.